The minimum Gasteiger partial charge on any atom is -0.406 e. The molecule has 2 aromatic carbocycles. The molecule has 0 aliphatic rings. The summed E-state index contributed by atoms with van der Waals surface area (Å²) in [6, 6.07) is 14.2. The van der Waals surface area contributed by atoms with E-state index in [0.717, 1.165) is 12.1 Å². The summed E-state index contributed by atoms with van der Waals surface area (Å²) >= 11 is 0. The highest BCUT2D eigenvalue weighted by atomic mass is 19.4. The average molecular weight is 401 g/mol. The number of alkyl halides is 3. The van der Waals surface area contributed by atoms with Crippen molar-refractivity contribution in [3.05, 3.63) is 84.2 Å². The third-order valence-electron chi connectivity index (χ3n) is 3.65. The Morgan fingerprint density at radius 2 is 1.45 bits per heavy atom. The Hall–Kier alpha value is -3.88. The van der Waals surface area contributed by atoms with Crippen molar-refractivity contribution in [2.75, 3.05) is 10.6 Å². The lowest BCUT2D eigenvalue weighted by atomic mass is 10.2. The number of carbonyl (C=O) groups excluding carboxylic acids is 2. The van der Waals surface area contributed by atoms with Crippen molar-refractivity contribution in [2.24, 2.45) is 0 Å². The molecule has 3 aromatic rings. The molecule has 0 saturated carbocycles. The molecule has 0 aliphatic heterocycles. The Balaban J connectivity index is 1.65. The van der Waals surface area contributed by atoms with Crippen LogP contribution in [0.15, 0.2) is 73.1 Å². The highest BCUT2D eigenvalue weighted by molar-refractivity contribution is 6.06. The van der Waals surface area contributed by atoms with Crippen LogP contribution in [0.4, 0.5) is 24.5 Å². The second kappa shape index (κ2) is 8.42. The number of aromatic nitrogens is 1. The topological polar surface area (TPSA) is 80.3 Å². The lowest BCUT2D eigenvalue weighted by molar-refractivity contribution is -0.274. The van der Waals surface area contributed by atoms with Gasteiger partial charge in [-0.05, 0) is 54.6 Å². The van der Waals surface area contributed by atoms with Crippen LogP contribution in [0.5, 0.6) is 5.75 Å². The maximum absolute atomic E-state index is 12.3. The Labute approximate surface area is 163 Å². The van der Waals surface area contributed by atoms with Crippen LogP contribution in [0.1, 0.15) is 20.7 Å². The van der Waals surface area contributed by atoms with Crippen molar-refractivity contribution in [3.63, 3.8) is 0 Å². The quantitative estimate of drug-likeness (QED) is 0.660. The first-order valence-electron chi connectivity index (χ1n) is 8.29. The molecule has 148 valence electrons. The number of halogens is 3. The summed E-state index contributed by atoms with van der Waals surface area (Å²) in [5.41, 5.74) is 1.37. The number of rotatable bonds is 5. The maximum Gasteiger partial charge on any atom is 0.573 e. The largest absolute Gasteiger partial charge is 0.573 e. The summed E-state index contributed by atoms with van der Waals surface area (Å²) in [6.07, 6.45) is -1.83. The van der Waals surface area contributed by atoms with Gasteiger partial charge in [-0.1, -0.05) is 6.07 Å². The van der Waals surface area contributed by atoms with Gasteiger partial charge in [-0.3, -0.25) is 14.6 Å². The molecule has 0 unspecified atom stereocenters. The lowest BCUT2D eigenvalue weighted by Crippen LogP contribution is -2.17. The molecule has 9 heteroatoms. The van der Waals surface area contributed by atoms with Gasteiger partial charge in [0.2, 0.25) is 0 Å². The molecule has 0 saturated heterocycles. The molecular formula is C20H14F3N3O3. The molecule has 0 bridgehead atoms. The number of ether oxygens (including phenoxy) is 1. The number of anilines is 2. The zero-order chi connectivity index (χ0) is 20.9. The van der Waals surface area contributed by atoms with E-state index in [2.05, 4.69) is 20.4 Å². The second-order valence-electron chi connectivity index (χ2n) is 5.80. The second-order valence-corrected chi connectivity index (χ2v) is 5.80. The van der Waals surface area contributed by atoms with Gasteiger partial charge in [-0.2, -0.15) is 0 Å². The Bertz CT molecular complexity index is 1010. The number of carbonyl (C=O) groups is 2. The zero-order valence-electron chi connectivity index (χ0n) is 14.7. The Kier molecular flexibility index (Phi) is 5.77. The van der Waals surface area contributed by atoms with Gasteiger partial charge in [-0.25, -0.2) is 0 Å². The average Bonchev–Trinajstić information content (AvgIpc) is 2.68. The van der Waals surface area contributed by atoms with Gasteiger partial charge in [0.15, 0.2) is 0 Å². The minimum absolute atomic E-state index is 0.143. The van der Waals surface area contributed by atoms with Crippen LogP contribution in [0.2, 0.25) is 0 Å². The van der Waals surface area contributed by atoms with Gasteiger partial charge in [0.1, 0.15) is 5.75 Å². The van der Waals surface area contributed by atoms with Crippen molar-refractivity contribution < 1.29 is 27.5 Å². The standard InChI is InChI=1S/C20H14F3N3O3/c21-20(22,23)29-17-8-6-13(7-9-17)18(27)25-15-4-1-5-16(11-15)26-19(28)14-3-2-10-24-12-14/h1-12H,(H,25,27)(H,26,28). The number of amides is 2. The minimum atomic E-state index is -4.80. The molecule has 29 heavy (non-hydrogen) atoms. The summed E-state index contributed by atoms with van der Waals surface area (Å²) < 4.78 is 40.3. The van der Waals surface area contributed by atoms with Crippen LogP contribution in [-0.2, 0) is 0 Å². The first-order chi connectivity index (χ1) is 13.8. The third kappa shape index (κ3) is 5.80. The van der Waals surface area contributed by atoms with E-state index >= 15 is 0 Å². The molecule has 0 radical (unpaired) electrons. The van der Waals surface area contributed by atoms with E-state index in [1.54, 1.807) is 42.6 Å². The van der Waals surface area contributed by atoms with Gasteiger partial charge in [0.05, 0.1) is 5.56 Å². The number of nitrogens with zero attached hydrogens (tertiary/aromatic N) is 1. The fraction of sp³-hybridized carbons (Fsp3) is 0.0500. The number of nitrogens with one attached hydrogen (secondary N) is 2. The van der Waals surface area contributed by atoms with Crippen molar-refractivity contribution in [2.45, 2.75) is 6.36 Å². The van der Waals surface area contributed by atoms with E-state index < -0.39 is 18.0 Å². The Morgan fingerprint density at radius 1 is 0.828 bits per heavy atom. The molecule has 2 amide bonds. The lowest BCUT2D eigenvalue weighted by Gasteiger charge is -2.10. The predicted molar refractivity (Wildman–Crippen MR) is 99.7 cm³/mol. The van der Waals surface area contributed by atoms with Gasteiger partial charge in [0, 0.05) is 29.3 Å². The number of hydrogen-bond donors (Lipinski definition) is 2. The molecule has 3 rings (SSSR count). The number of benzene rings is 2. The van der Waals surface area contributed by atoms with Gasteiger partial charge < -0.3 is 15.4 Å². The summed E-state index contributed by atoms with van der Waals surface area (Å²) in [5.74, 6) is -1.31. The first kappa shape index (κ1) is 19.9. The molecule has 0 spiro atoms. The van der Waals surface area contributed by atoms with Gasteiger partial charge >= 0.3 is 6.36 Å². The van der Waals surface area contributed by atoms with Crippen LogP contribution in [0.25, 0.3) is 0 Å². The van der Waals surface area contributed by atoms with Crippen LogP contribution < -0.4 is 15.4 Å². The molecule has 0 atom stereocenters. The van der Waals surface area contributed by atoms with Crippen LogP contribution >= 0.6 is 0 Å². The van der Waals surface area contributed by atoms with E-state index in [1.165, 1.54) is 18.3 Å². The molecule has 1 heterocycles. The molecule has 6 nitrogen and oxygen atoms in total. The van der Waals surface area contributed by atoms with Crippen LogP contribution in [0, 0.1) is 0 Å². The predicted octanol–water partition coefficient (Wildman–Crippen LogP) is 4.48. The maximum atomic E-state index is 12.3. The molecule has 0 fully saturated rings. The van der Waals surface area contributed by atoms with Crippen LogP contribution in [0.3, 0.4) is 0 Å². The van der Waals surface area contributed by atoms with Crippen molar-refractivity contribution >= 4 is 23.2 Å². The summed E-state index contributed by atoms with van der Waals surface area (Å²) in [7, 11) is 0. The number of hydrogen-bond acceptors (Lipinski definition) is 4. The highest BCUT2D eigenvalue weighted by Crippen LogP contribution is 2.23. The van der Waals surface area contributed by atoms with Gasteiger partial charge in [-0.15, -0.1) is 13.2 Å². The van der Waals surface area contributed by atoms with E-state index in [-0.39, 0.29) is 11.5 Å². The molecule has 2 N–H and O–H groups in total. The fourth-order valence-corrected chi connectivity index (χ4v) is 2.39. The zero-order valence-corrected chi connectivity index (χ0v) is 14.7. The van der Waals surface area contributed by atoms with E-state index in [1.807, 2.05) is 0 Å². The monoisotopic (exact) mass is 401 g/mol. The third-order valence-corrected chi connectivity index (χ3v) is 3.65. The van der Waals surface area contributed by atoms with Crippen molar-refractivity contribution in [1.82, 2.24) is 4.98 Å². The fourth-order valence-electron chi connectivity index (χ4n) is 2.39. The van der Waals surface area contributed by atoms with E-state index in [4.69, 9.17) is 0 Å². The number of pyridine rings is 1. The smallest absolute Gasteiger partial charge is 0.406 e. The highest BCUT2D eigenvalue weighted by Gasteiger charge is 2.31. The van der Waals surface area contributed by atoms with Crippen LogP contribution in [-0.4, -0.2) is 23.2 Å². The van der Waals surface area contributed by atoms with E-state index in [9.17, 15) is 22.8 Å². The molecule has 0 aliphatic carbocycles. The molecular weight excluding hydrogens is 387 g/mol. The van der Waals surface area contributed by atoms with E-state index in [0.29, 0.717) is 16.9 Å². The van der Waals surface area contributed by atoms with Crippen molar-refractivity contribution in [3.8, 4) is 5.75 Å². The Morgan fingerprint density at radius 3 is 2.00 bits per heavy atom. The first-order valence-corrected chi connectivity index (χ1v) is 8.29. The SMILES string of the molecule is O=C(Nc1cccc(NC(=O)c2cccnc2)c1)c1ccc(OC(F)(F)F)cc1. The summed E-state index contributed by atoms with van der Waals surface area (Å²) in [5, 5.41) is 5.30. The normalized spacial score (nSPS) is 10.9. The molecule has 1 aromatic heterocycles. The van der Waals surface area contributed by atoms with Gasteiger partial charge in [0.25, 0.3) is 11.8 Å². The summed E-state index contributed by atoms with van der Waals surface area (Å²) in [4.78, 5) is 28.3. The summed E-state index contributed by atoms with van der Waals surface area (Å²) in [6.45, 7) is 0. The van der Waals surface area contributed by atoms with Crippen molar-refractivity contribution in [1.29, 1.82) is 0 Å².